The van der Waals surface area contributed by atoms with Crippen molar-refractivity contribution >= 4 is 10.9 Å². The van der Waals surface area contributed by atoms with Crippen LogP contribution < -0.4 is 5.32 Å². The normalized spacial score (nSPS) is 22.3. The smallest absolute Gasteiger partial charge is 0.0758 e. The summed E-state index contributed by atoms with van der Waals surface area (Å²) in [4.78, 5) is 0. The summed E-state index contributed by atoms with van der Waals surface area (Å²) in [7, 11) is 1.99. The molecule has 0 saturated carbocycles. The lowest BCUT2D eigenvalue weighted by molar-refractivity contribution is 0.0462. The Morgan fingerprint density at radius 1 is 1.29 bits per heavy atom. The molecular weight excluding hydrogens is 260 g/mol. The Morgan fingerprint density at radius 3 is 2.76 bits per heavy atom. The number of ether oxygens (including phenoxy) is 1. The zero-order chi connectivity index (χ0) is 15.0. The molecule has 0 radical (unpaired) electrons. The van der Waals surface area contributed by atoms with Gasteiger partial charge >= 0.3 is 0 Å². The van der Waals surface area contributed by atoms with Gasteiger partial charge in [-0.25, -0.2) is 0 Å². The molecule has 0 amide bonds. The summed E-state index contributed by atoms with van der Waals surface area (Å²) in [6.45, 7) is 8.53. The summed E-state index contributed by atoms with van der Waals surface area (Å²) < 4.78 is 8.45. The van der Waals surface area contributed by atoms with Crippen molar-refractivity contribution in [1.82, 2.24) is 9.88 Å². The van der Waals surface area contributed by atoms with Crippen LogP contribution in [0.4, 0.5) is 0 Å². The standard InChI is InChI=1S/C18H26N2O/c1-12-5-7-16(21-12)11-20-14(3)13(2)17-9-15(10-19-4)6-8-18(17)20/h6,8-9,12,16,19H,5,7,10-11H2,1-4H3. The quantitative estimate of drug-likeness (QED) is 0.930. The van der Waals surface area contributed by atoms with E-state index in [9.17, 15) is 0 Å². The van der Waals surface area contributed by atoms with E-state index in [0.717, 1.165) is 13.1 Å². The predicted octanol–water partition coefficient (Wildman–Crippen LogP) is 3.55. The Kier molecular flexibility index (Phi) is 4.05. The Labute approximate surface area is 127 Å². The van der Waals surface area contributed by atoms with Gasteiger partial charge in [0, 0.05) is 29.7 Å². The van der Waals surface area contributed by atoms with Gasteiger partial charge in [0.05, 0.1) is 12.2 Å². The highest BCUT2D eigenvalue weighted by Crippen LogP contribution is 2.29. The van der Waals surface area contributed by atoms with Gasteiger partial charge in [-0.2, -0.15) is 0 Å². The molecule has 0 spiro atoms. The van der Waals surface area contributed by atoms with Crippen molar-refractivity contribution in [3.05, 3.63) is 35.0 Å². The molecule has 1 fully saturated rings. The minimum absolute atomic E-state index is 0.366. The maximum Gasteiger partial charge on any atom is 0.0758 e. The van der Waals surface area contributed by atoms with Crippen LogP contribution in [0.25, 0.3) is 10.9 Å². The van der Waals surface area contributed by atoms with E-state index >= 15 is 0 Å². The second-order valence-electron chi connectivity index (χ2n) is 6.35. The number of rotatable bonds is 4. The van der Waals surface area contributed by atoms with E-state index in [-0.39, 0.29) is 0 Å². The molecule has 21 heavy (non-hydrogen) atoms. The third-order valence-corrected chi connectivity index (χ3v) is 4.79. The van der Waals surface area contributed by atoms with Gasteiger partial charge in [-0.15, -0.1) is 0 Å². The highest BCUT2D eigenvalue weighted by molar-refractivity contribution is 5.86. The zero-order valence-electron chi connectivity index (χ0n) is 13.6. The first-order chi connectivity index (χ1) is 10.1. The number of hydrogen-bond acceptors (Lipinski definition) is 2. The average molecular weight is 286 g/mol. The molecule has 2 heterocycles. The van der Waals surface area contributed by atoms with Crippen molar-refractivity contribution in [3.63, 3.8) is 0 Å². The van der Waals surface area contributed by atoms with E-state index in [1.165, 1.54) is 40.6 Å². The van der Waals surface area contributed by atoms with Crippen LogP contribution in [0.2, 0.25) is 0 Å². The summed E-state index contributed by atoms with van der Waals surface area (Å²) in [5.41, 5.74) is 5.45. The predicted molar refractivity (Wildman–Crippen MR) is 87.7 cm³/mol. The molecule has 3 nitrogen and oxygen atoms in total. The molecule has 0 bridgehead atoms. The topological polar surface area (TPSA) is 26.2 Å². The summed E-state index contributed by atoms with van der Waals surface area (Å²) in [6.07, 6.45) is 3.15. The Bertz CT molecular complexity index is 644. The van der Waals surface area contributed by atoms with E-state index in [2.05, 4.69) is 48.9 Å². The molecule has 0 aliphatic carbocycles. The van der Waals surface area contributed by atoms with Gasteiger partial charge in [-0.3, -0.25) is 0 Å². The first-order valence-electron chi connectivity index (χ1n) is 7.98. The monoisotopic (exact) mass is 286 g/mol. The van der Waals surface area contributed by atoms with Crippen LogP contribution >= 0.6 is 0 Å². The Morgan fingerprint density at radius 2 is 2.10 bits per heavy atom. The first kappa shape index (κ1) is 14.6. The van der Waals surface area contributed by atoms with Crippen LogP contribution in [0.15, 0.2) is 18.2 Å². The molecular formula is C18H26N2O. The van der Waals surface area contributed by atoms with Crippen LogP contribution in [0.1, 0.15) is 36.6 Å². The number of hydrogen-bond donors (Lipinski definition) is 1. The van der Waals surface area contributed by atoms with E-state index in [1.807, 2.05) is 7.05 Å². The Hall–Kier alpha value is -1.32. The van der Waals surface area contributed by atoms with Gasteiger partial charge in [0.2, 0.25) is 0 Å². The number of nitrogens with zero attached hydrogens (tertiary/aromatic N) is 1. The maximum atomic E-state index is 6.01. The molecule has 2 atom stereocenters. The molecule has 1 saturated heterocycles. The van der Waals surface area contributed by atoms with Gasteiger partial charge < -0.3 is 14.6 Å². The molecule has 2 unspecified atom stereocenters. The second kappa shape index (κ2) is 5.82. The lowest BCUT2D eigenvalue weighted by Gasteiger charge is -2.15. The minimum atomic E-state index is 0.366. The first-order valence-corrected chi connectivity index (χ1v) is 7.98. The number of nitrogens with one attached hydrogen (secondary N) is 1. The third kappa shape index (κ3) is 2.72. The fourth-order valence-electron chi connectivity index (χ4n) is 3.47. The number of aromatic nitrogens is 1. The van der Waals surface area contributed by atoms with Crippen LogP contribution in [-0.4, -0.2) is 23.8 Å². The molecule has 1 aromatic carbocycles. The van der Waals surface area contributed by atoms with Gasteiger partial charge in [0.1, 0.15) is 0 Å². The molecule has 3 rings (SSSR count). The fourth-order valence-corrected chi connectivity index (χ4v) is 3.47. The Balaban J connectivity index is 1.96. The van der Waals surface area contributed by atoms with Crippen molar-refractivity contribution in [1.29, 1.82) is 0 Å². The second-order valence-corrected chi connectivity index (χ2v) is 6.35. The number of benzene rings is 1. The zero-order valence-corrected chi connectivity index (χ0v) is 13.6. The lowest BCUT2D eigenvalue weighted by atomic mass is 10.1. The SMILES string of the molecule is CNCc1ccc2c(c1)c(C)c(C)n2CC1CCC(C)O1. The van der Waals surface area contributed by atoms with Gasteiger partial charge in [-0.05, 0) is 63.9 Å². The highest BCUT2D eigenvalue weighted by atomic mass is 16.5. The van der Waals surface area contributed by atoms with Crippen LogP contribution in [0.5, 0.6) is 0 Å². The average Bonchev–Trinajstić information content (AvgIpc) is 2.97. The van der Waals surface area contributed by atoms with Crippen molar-refractivity contribution in [2.75, 3.05) is 7.05 Å². The molecule has 1 aliphatic heterocycles. The summed E-state index contributed by atoms with van der Waals surface area (Å²) in [5.74, 6) is 0. The highest BCUT2D eigenvalue weighted by Gasteiger charge is 2.23. The van der Waals surface area contributed by atoms with Crippen molar-refractivity contribution in [2.45, 2.75) is 58.9 Å². The molecule has 1 N–H and O–H groups in total. The van der Waals surface area contributed by atoms with Crippen LogP contribution in [0, 0.1) is 13.8 Å². The summed E-state index contributed by atoms with van der Waals surface area (Å²) in [6, 6.07) is 6.82. The van der Waals surface area contributed by atoms with Crippen molar-refractivity contribution < 1.29 is 4.74 Å². The molecule has 1 aliphatic rings. The largest absolute Gasteiger partial charge is 0.373 e. The summed E-state index contributed by atoms with van der Waals surface area (Å²) in [5, 5.41) is 4.61. The maximum absolute atomic E-state index is 6.01. The molecule has 114 valence electrons. The fraction of sp³-hybridized carbons (Fsp3) is 0.556. The number of aryl methyl sites for hydroxylation is 1. The summed E-state index contributed by atoms with van der Waals surface area (Å²) >= 11 is 0. The van der Waals surface area contributed by atoms with Crippen LogP contribution in [0.3, 0.4) is 0 Å². The van der Waals surface area contributed by atoms with Crippen molar-refractivity contribution in [2.24, 2.45) is 0 Å². The minimum Gasteiger partial charge on any atom is -0.373 e. The third-order valence-electron chi connectivity index (χ3n) is 4.79. The molecule has 1 aromatic heterocycles. The van der Waals surface area contributed by atoms with Gasteiger partial charge in [0.15, 0.2) is 0 Å². The van der Waals surface area contributed by atoms with Crippen molar-refractivity contribution in [3.8, 4) is 0 Å². The number of fused-ring (bicyclic) bond motifs is 1. The van der Waals surface area contributed by atoms with Crippen LogP contribution in [-0.2, 0) is 17.8 Å². The van der Waals surface area contributed by atoms with E-state index < -0.39 is 0 Å². The van der Waals surface area contributed by atoms with E-state index in [0.29, 0.717) is 12.2 Å². The lowest BCUT2D eigenvalue weighted by Crippen LogP contribution is -2.17. The van der Waals surface area contributed by atoms with E-state index in [4.69, 9.17) is 4.74 Å². The van der Waals surface area contributed by atoms with Gasteiger partial charge in [-0.1, -0.05) is 6.07 Å². The molecule has 2 aromatic rings. The molecule has 3 heteroatoms. The van der Waals surface area contributed by atoms with Gasteiger partial charge in [0.25, 0.3) is 0 Å². The van der Waals surface area contributed by atoms with E-state index in [1.54, 1.807) is 0 Å².